The molecule has 0 radical (unpaired) electrons. The Bertz CT molecular complexity index is 310. The normalized spacial score (nSPS) is 21.3. The second-order valence-electron chi connectivity index (χ2n) is 3.93. The highest BCUT2D eigenvalue weighted by Gasteiger charge is 2.13. The number of nitrogens with one attached hydrogen (secondary N) is 2. The molecule has 0 bridgehead atoms. The average molecular weight is 209 g/mol. The van der Waals surface area contributed by atoms with Crippen LogP contribution in [-0.2, 0) is 0 Å². The van der Waals surface area contributed by atoms with Gasteiger partial charge in [-0.25, -0.2) is 9.37 Å². The molecule has 1 unspecified atom stereocenters. The van der Waals surface area contributed by atoms with Gasteiger partial charge >= 0.3 is 0 Å². The van der Waals surface area contributed by atoms with Gasteiger partial charge in [0.2, 0.25) is 0 Å². The van der Waals surface area contributed by atoms with Crippen LogP contribution in [0.1, 0.15) is 12.8 Å². The third-order valence-electron chi connectivity index (χ3n) is 2.72. The predicted molar refractivity (Wildman–Crippen MR) is 58.3 cm³/mol. The number of anilines is 1. The standard InChI is InChI=1S/C11H16FN3/c12-10-4-2-6-14-11(10)15-8-9-3-1-5-13-7-9/h2,4,6,9,13H,1,3,5,7-8H2,(H,14,15). The molecule has 1 aromatic heterocycles. The Morgan fingerprint density at radius 2 is 2.53 bits per heavy atom. The highest BCUT2D eigenvalue weighted by molar-refractivity contribution is 5.35. The minimum atomic E-state index is -0.277. The molecule has 2 rings (SSSR count). The summed E-state index contributed by atoms with van der Waals surface area (Å²) in [6.45, 7) is 2.91. The van der Waals surface area contributed by atoms with Gasteiger partial charge in [-0.2, -0.15) is 0 Å². The molecule has 82 valence electrons. The molecule has 1 fully saturated rings. The molecule has 3 nitrogen and oxygen atoms in total. The van der Waals surface area contributed by atoms with E-state index in [1.807, 2.05) is 0 Å². The Morgan fingerprint density at radius 1 is 1.60 bits per heavy atom. The fourth-order valence-corrected chi connectivity index (χ4v) is 1.85. The SMILES string of the molecule is Fc1cccnc1NCC1CCCNC1. The van der Waals surface area contributed by atoms with Crippen molar-refractivity contribution in [2.75, 3.05) is 25.0 Å². The Balaban J connectivity index is 1.84. The van der Waals surface area contributed by atoms with E-state index in [1.165, 1.54) is 18.9 Å². The lowest BCUT2D eigenvalue weighted by molar-refractivity contribution is 0.392. The number of pyridine rings is 1. The molecule has 15 heavy (non-hydrogen) atoms. The highest BCUT2D eigenvalue weighted by Crippen LogP contribution is 2.13. The second kappa shape index (κ2) is 5.07. The predicted octanol–water partition coefficient (Wildman–Crippen LogP) is 1.63. The van der Waals surface area contributed by atoms with Crippen LogP contribution in [0, 0.1) is 11.7 Å². The van der Waals surface area contributed by atoms with Crippen LogP contribution < -0.4 is 10.6 Å². The number of aromatic nitrogens is 1. The van der Waals surface area contributed by atoms with E-state index in [0.717, 1.165) is 19.6 Å². The summed E-state index contributed by atoms with van der Waals surface area (Å²) >= 11 is 0. The van der Waals surface area contributed by atoms with E-state index in [0.29, 0.717) is 11.7 Å². The van der Waals surface area contributed by atoms with Crippen molar-refractivity contribution in [1.82, 2.24) is 10.3 Å². The van der Waals surface area contributed by atoms with E-state index in [1.54, 1.807) is 12.3 Å². The van der Waals surface area contributed by atoms with E-state index in [-0.39, 0.29) is 5.82 Å². The molecular formula is C11H16FN3. The number of hydrogen-bond donors (Lipinski definition) is 2. The van der Waals surface area contributed by atoms with Gasteiger partial charge in [-0.1, -0.05) is 0 Å². The maximum atomic E-state index is 13.2. The number of nitrogens with zero attached hydrogens (tertiary/aromatic N) is 1. The van der Waals surface area contributed by atoms with E-state index in [9.17, 15) is 4.39 Å². The first-order valence-corrected chi connectivity index (χ1v) is 5.41. The van der Waals surface area contributed by atoms with Crippen LogP contribution in [0.25, 0.3) is 0 Å². The van der Waals surface area contributed by atoms with Crippen molar-refractivity contribution in [2.24, 2.45) is 5.92 Å². The summed E-state index contributed by atoms with van der Waals surface area (Å²) in [5.41, 5.74) is 0. The molecule has 0 amide bonds. The molecule has 0 saturated carbocycles. The first-order chi connectivity index (χ1) is 7.36. The molecular weight excluding hydrogens is 193 g/mol. The number of hydrogen-bond acceptors (Lipinski definition) is 3. The maximum absolute atomic E-state index is 13.2. The minimum Gasteiger partial charge on any atom is -0.367 e. The summed E-state index contributed by atoms with van der Waals surface area (Å²) in [5, 5.41) is 6.39. The van der Waals surface area contributed by atoms with Gasteiger partial charge in [0.1, 0.15) is 0 Å². The molecule has 1 atom stereocenters. The summed E-state index contributed by atoms with van der Waals surface area (Å²) in [4.78, 5) is 3.96. The Morgan fingerprint density at radius 3 is 3.27 bits per heavy atom. The topological polar surface area (TPSA) is 37.0 Å². The third kappa shape index (κ3) is 2.89. The number of piperidine rings is 1. The lowest BCUT2D eigenvalue weighted by Crippen LogP contribution is -2.33. The monoisotopic (exact) mass is 209 g/mol. The maximum Gasteiger partial charge on any atom is 0.165 e. The zero-order chi connectivity index (χ0) is 10.5. The van der Waals surface area contributed by atoms with Crippen molar-refractivity contribution in [1.29, 1.82) is 0 Å². The van der Waals surface area contributed by atoms with E-state index in [4.69, 9.17) is 0 Å². The van der Waals surface area contributed by atoms with Crippen LogP contribution in [0.4, 0.5) is 10.2 Å². The first kappa shape index (κ1) is 10.4. The molecule has 1 aliphatic heterocycles. The molecule has 1 aromatic rings. The summed E-state index contributed by atoms with van der Waals surface area (Å²) in [6.07, 6.45) is 4.01. The largest absolute Gasteiger partial charge is 0.367 e. The highest BCUT2D eigenvalue weighted by atomic mass is 19.1. The second-order valence-corrected chi connectivity index (χ2v) is 3.93. The van der Waals surface area contributed by atoms with Crippen LogP contribution in [0.15, 0.2) is 18.3 Å². The average Bonchev–Trinajstić information content (AvgIpc) is 2.29. The lowest BCUT2D eigenvalue weighted by Gasteiger charge is -2.23. The van der Waals surface area contributed by atoms with Gasteiger partial charge in [0.15, 0.2) is 11.6 Å². The van der Waals surface area contributed by atoms with Gasteiger partial charge in [-0.3, -0.25) is 0 Å². The summed E-state index contributed by atoms with van der Waals surface area (Å²) in [6, 6.07) is 3.02. The van der Waals surface area contributed by atoms with Crippen molar-refractivity contribution >= 4 is 5.82 Å². The summed E-state index contributed by atoms with van der Waals surface area (Å²) in [7, 11) is 0. The molecule has 0 spiro atoms. The van der Waals surface area contributed by atoms with Crippen molar-refractivity contribution in [3.8, 4) is 0 Å². The van der Waals surface area contributed by atoms with Gasteiger partial charge in [0.05, 0.1) is 0 Å². The molecule has 0 aliphatic carbocycles. The molecule has 2 heterocycles. The van der Waals surface area contributed by atoms with Crippen LogP contribution in [-0.4, -0.2) is 24.6 Å². The van der Waals surface area contributed by atoms with Crippen LogP contribution in [0.3, 0.4) is 0 Å². The summed E-state index contributed by atoms with van der Waals surface area (Å²) < 4.78 is 13.2. The zero-order valence-corrected chi connectivity index (χ0v) is 8.67. The minimum absolute atomic E-state index is 0.277. The zero-order valence-electron chi connectivity index (χ0n) is 8.67. The van der Waals surface area contributed by atoms with Crippen LogP contribution in [0.5, 0.6) is 0 Å². The van der Waals surface area contributed by atoms with Crippen LogP contribution >= 0.6 is 0 Å². The van der Waals surface area contributed by atoms with Crippen molar-refractivity contribution in [3.05, 3.63) is 24.1 Å². The smallest absolute Gasteiger partial charge is 0.165 e. The Hall–Kier alpha value is -1.16. The van der Waals surface area contributed by atoms with Crippen molar-refractivity contribution < 1.29 is 4.39 Å². The Labute approximate surface area is 89.1 Å². The molecule has 4 heteroatoms. The first-order valence-electron chi connectivity index (χ1n) is 5.41. The van der Waals surface area contributed by atoms with E-state index >= 15 is 0 Å². The molecule has 1 saturated heterocycles. The number of halogens is 1. The quantitative estimate of drug-likeness (QED) is 0.794. The van der Waals surface area contributed by atoms with Gasteiger partial charge in [0.25, 0.3) is 0 Å². The molecule has 2 N–H and O–H groups in total. The fourth-order valence-electron chi connectivity index (χ4n) is 1.85. The summed E-state index contributed by atoms with van der Waals surface area (Å²) in [5.74, 6) is 0.671. The molecule has 1 aliphatic rings. The van der Waals surface area contributed by atoms with E-state index in [2.05, 4.69) is 15.6 Å². The lowest BCUT2D eigenvalue weighted by atomic mass is 10.00. The van der Waals surface area contributed by atoms with Crippen molar-refractivity contribution in [3.63, 3.8) is 0 Å². The Kier molecular flexibility index (Phi) is 3.50. The molecule has 0 aromatic carbocycles. The number of rotatable bonds is 3. The van der Waals surface area contributed by atoms with Gasteiger partial charge in [-0.05, 0) is 44.0 Å². The fraction of sp³-hybridized carbons (Fsp3) is 0.545. The third-order valence-corrected chi connectivity index (χ3v) is 2.72. The van der Waals surface area contributed by atoms with Gasteiger partial charge < -0.3 is 10.6 Å². The van der Waals surface area contributed by atoms with E-state index < -0.39 is 0 Å². The van der Waals surface area contributed by atoms with Crippen molar-refractivity contribution in [2.45, 2.75) is 12.8 Å². The van der Waals surface area contributed by atoms with Crippen LogP contribution in [0.2, 0.25) is 0 Å². The van der Waals surface area contributed by atoms with Gasteiger partial charge in [-0.15, -0.1) is 0 Å². The van der Waals surface area contributed by atoms with Gasteiger partial charge in [0, 0.05) is 12.7 Å².